The molecular formula is C20H24ClN5O2S. The second kappa shape index (κ2) is 7.11. The van der Waals surface area contributed by atoms with Crippen molar-refractivity contribution in [3.05, 3.63) is 40.5 Å². The van der Waals surface area contributed by atoms with E-state index in [-0.39, 0.29) is 17.9 Å². The molecule has 1 aromatic heterocycles. The van der Waals surface area contributed by atoms with Crippen LogP contribution in [0.2, 0.25) is 5.02 Å². The van der Waals surface area contributed by atoms with Crippen LogP contribution in [0.4, 0.5) is 17.5 Å². The number of sulfonamides is 1. The van der Waals surface area contributed by atoms with E-state index in [2.05, 4.69) is 37.5 Å². The van der Waals surface area contributed by atoms with E-state index < -0.39 is 10.0 Å². The zero-order valence-electron chi connectivity index (χ0n) is 16.2. The summed E-state index contributed by atoms with van der Waals surface area (Å²) in [5, 5.41) is 7.17. The van der Waals surface area contributed by atoms with Gasteiger partial charge in [0.05, 0.1) is 12.5 Å². The Labute approximate surface area is 175 Å². The standard InChI is InChI=1S/C20H24ClN5O2S/c1-29(27,28)26-18-14-7-8-15(18)16-9-12(5-6-13(14)16)24-20-22-10-17(21)19(25-20)23-11-3-2-4-11/h5-6,9-11,14-15,18,26H,2-4,7-8H2,1H3,(H2,22,23,24,25)/t14-,15-,18?/m1/s1. The van der Waals surface area contributed by atoms with Crippen molar-refractivity contribution in [3.8, 4) is 0 Å². The van der Waals surface area contributed by atoms with Crippen LogP contribution < -0.4 is 15.4 Å². The Morgan fingerprint density at radius 3 is 2.55 bits per heavy atom. The molecule has 2 saturated carbocycles. The first kappa shape index (κ1) is 19.1. The summed E-state index contributed by atoms with van der Waals surface area (Å²) in [6.45, 7) is 0. The number of anilines is 3. The maximum atomic E-state index is 11.8. The van der Waals surface area contributed by atoms with Crippen LogP contribution in [0.3, 0.4) is 0 Å². The maximum Gasteiger partial charge on any atom is 0.229 e. The fourth-order valence-corrected chi connectivity index (χ4v) is 5.79. The molecule has 0 amide bonds. The minimum absolute atomic E-state index is 0.0414. The van der Waals surface area contributed by atoms with Crippen molar-refractivity contribution in [1.82, 2.24) is 14.7 Å². The van der Waals surface area contributed by atoms with Crippen LogP contribution in [0.1, 0.15) is 55.1 Å². The number of halogens is 1. The Morgan fingerprint density at radius 1 is 1.10 bits per heavy atom. The highest BCUT2D eigenvalue weighted by atomic mass is 35.5. The third-order valence-electron chi connectivity index (χ3n) is 6.34. The summed E-state index contributed by atoms with van der Waals surface area (Å²) in [7, 11) is -3.23. The molecule has 0 spiro atoms. The second-order valence-electron chi connectivity index (χ2n) is 8.34. The fourth-order valence-electron chi connectivity index (χ4n) is 4.82. The molecule has 0 radical (unpaired) electrons. The SMILES string of the molecule is CS(=O)(=O)NC1[C@@H]2CC[C@@H]1c1cc(Nc3ncc(Cl)c(NC4CCC4)n3)ccc12. The van der Waals surface area contributed by atoms with E-state index in [4.69, 9.17) is 11.6 Å². The van der Waals surface area contributed by atoms with Crippen LogP contribution in [-0.2, 0) is 10.0 Å². The van der Waals surface area contributed by atoms with E-state index in [1.54, 1.807) is 6.20 Å². The van der Waals surface area contributed by atoms with Gasteiger partial charge in [-0.25, -0.2) is 18.1 Å². The van der Waals surface area contributed by atoms with Gasteiger partial charge in [0.25, 0.3) is 0 Å². The second-order valence-corrected chi connectivity index (χ2v) is 10.5. The summed E-state index contributed by atoms with van der Waals surface area (Å²) < 4.78 is 26.4. The summed E-state index contributed by atoms with van der Waals surface area (Å²) in [5.74, 6) is 1.62. The van der Waals surface area contributed by atoms with Crippen molar-refractivity contribution in [1.29, 1.82) is 0 Å². The minimum Gasteiger partial charge on any atom is -0.366 e. The molecule has 29 heavy (non-hydrogen) atoms. The number of aromatic nitrogens is 2. The quantitative estimate of drug-likeness (QED) is 0.642. The molecule has 1 aromatic carbocycles. The van der Waals surface area contributed by atoms with Gasteiger partial charge in [0.2, 0.25) is 16.0 Å². The third-order valence-corrected chi connectivity index (χ3v) is 7.31. The number of fused-ring (bicyclic) bond motifs is 5. The van der Waals surface area contributed by atoms with Crippen molar-refractivity contribution in [2.45, 2.75) is 56.0 Å². The summed E-state index contributed by atoms with van der Waals surface area (Å²) in [5.41, 5.74) is 3.36. The monoisotopic (exact) mass is 433 g/mol. The lowest BCUT2D eigenvalue weighted by atomic mass is 9.91. The molecule has 0 saturated heterocycles. The summed E-state index contributed by atoms with van der Waals surface area (Å²) in [6, 6.07) is 6.61. The van der Waals surface area contributed by atoms with Gasteiger partial charge in [-0.3, -0.25) is 0 Å². The Balaban J connectivity index is 1.36. The van der Waals surface area contributed by atoms with Crippen LogP contribution in [0.25, 0.3) is 0 Å². The number of rotatable bonds is 6. The van der Waals surface area contributed by atoms with Crippen LogP contribution in [0.15, 0.2) is 24.4 Å². The fraction of sp³-hybridized carbons (Fsp3) is 0.500. The van der Waals surface area contributed by atoms with Crippen molar-refractivity contribution in [3.63, 3.8) is 0 Å². The number of hydrogen-bond donors (Lipinski definition) is 3. The van der Waals surface area contributed by atoms with Gasteiger partial charge in [-0.05, 0) is 55.4 Å². The molecule has 2 fully saturated rings. The molecule has 7 nitrogen and oxygen atoms in total. The maximum absolute atomic E-state index is 11.8. The lowest BCUT2D eigenvalue weighted by molar-refractivity contribution is 0.444. The van der Waals surface area contributed by atoms with Crippen LogP contribution in [-0.4, -0.2) is 36.7 Å². The first-order chi connectivity index (χ1) is 13.9. The molecule has 5 rings (SSSR count). The predicted molar refractivity (Wildman–Crippen MR) is 115 cm³/mol. The highest BCUT2D eigenvalue weighted by Crippen LogP contribution is 2.53. The average Bonchev–Trinajstić information content (AvgIpc) is 3.14. The van der Waals surface area contributed by atoms with Gasteiger partial charge in [-0.15, -0.1) is 0 Å². The lowest BCUT2D eigenvalue weighted by Crippen LogP contribution is -2.36. The topological polar surface area (TPSA) is 96.0 Å². The molecule has 1 unspecified atom stereocenters. The molecule has 2 bridgehead atoms. The third kappa shape index (κ3) is 3.69. The number of nitrogens with zero attached hydrogens (tertiary/aromatic N) is 2. The largest absolute Gasteiger partial charge is 0.366 e. The Morgan fingerprint density at radius 2 is 1.86 bits per heavy atom. The Kier molecular flexibility index (Phi) is 4.68. The van der Waals surface area contributed by atoms with Gasteiger partial charge in [0.15, 0.2) is 5.82 Å². The highest BCUT2D eigenvalue weighted by Gasteiger charge is 2.46. The molecule has 1 heterocycles. The Bertz CT molecular complexity index is 1060. The molecule has 3 N–H and O–H groups in total. The first-order valence-corrected chi connectivity index (χ1v) is 12.3. The molecule has 3 aliphatic rings. The van der Waals surface area contributed by atoms with Gasteiger partial charge in [0, 0.05) is 29.6 Å². The number of benzene rings is 1. The van der Waals surface area contributed by atoms with Crippen LogP contribution in [0, 0.1) is 0 Å². The molecule has 2 aromatic rings. The van der Waals surface area contributed by atoms with Crippen molar-refractivity contribution in [2.24, 2.45) is 0 Å². The summed E-state index contributed by atoms with van der Waals surface area (Å²) in [6.07, 6.45) is 8.38. The van der Waals surface area contributed by atoms with E-state index in [1.165, 1.54) is 23.8 Å². The van der Waals surface area contributed by atoms with Crippen molar-refractivity contribution >= 4 is 39.1 Å². The molecule has 154 valence electrons. The summed E-state index contributed by atoms with van der Waals surface area (Å²) >= 11 is 6.24. The zero-order chi connectivity index (χ0) is 20.2. The van der Waals surface area contributed by atoms with Gasteiger partial charge >= 0.3 is 0 Å². The normalized spacial score (nSPS) is 25.5. The van der Waals surface area contributed by atoms with E-state index in [1.807, 2.05) is 6.07 Å². The van der Waals surface area contributed by atoms with Gasteiger partial charge < -0.3 is 10.6 Å². The number of hydrogen-bond acceptors (Lipinski definition) is 6. The van der Waals surface area contributed by atoms with Crippen LogP contribution >= 0.6 is 11.6 Å². The molecule has 3 aliphatic carbocycles. The van der Waals surface area contributed by atoms with Crippen molar-refractivity contribution < 1.29 is 8.42 Å². The molecule has 3 atom stereocenters. The van der Waals surface area contributed by atoms with E-state index in [0.717, 1.165) is 31.4 Å². The van der Waals surface area contributed by atoms with E-state index >= 15 is 0 Å². The minimum atomic E-state index is -3.23. The predicted octanol–water partition coefficient (Wildman–Crippen LogP) is 3.73. The van der Waals surface area contributed by atoms with Crippen molar-refractivity contribution in [2.75, 3.05) is 16.9 Å². The molecule has 0 aliphatic heterocycles. The molecule has 9 heteroatoms. The van der Waals surface area contributed by atoms with E-state index in [9.17, 15) is 8.42 Å². The van der Waals surface area contributed by atoms with Gasteiger partial charge in [-0.2, -0.15) is 4.98 Å². The first-order valence-electron chi connectivity index (χ1n) is 10.0. The lowest BCUT2D eigenvalue weighted by Gasteiger charge is -2.27. The molecular weight excluding hydrogens is 410 g/mol. The smallest absolute Gasteiger partial charge is 0.229 e. The highest BCUT2D eigenvalue weighted by molar-refractivity contribution is 7.88. The van der Waals surface area contributed by atoms with Crippen LogP contribution in [0.5, 0.6) is 0 Å². The summed E-state index contributed by atoms with van der Waals surface area (Å²) in [4.78, 5) is 8.84. The zero-order valence-corrected chi connectivity index (χ0v) is 17.7. The Hall–Kier alpha value is -1.90. The van der Waals surface area contributed by atoms with Gasteiger partial charge in [-0.1, -0.05) is 17.7 Å². The van der Waals surface area contributed by atoms with E-state index in [0.29, 0.717) is 22.8 Å². The average molecular weight is 434 g/mol. The number of nitrogens with one attached hydrogen (secondary N) is 3. The van der Waals surface area contributed by atoms with Gasteiger partial charge in [0.1, 0.15) is 5.02 Å².